The van der Waals surface area contributed by atoms with Crippen LogP contribution in [0.1, 0.15) is 65.2 Å². The topological polar surface area (TPSA) is 83.2 Å². The maximum absolute atomic E-state index is 6.69. The first kappa shape index (κ1) is 30.2. The zero-order chi connectivity index (χ0) is 28.7. The number of fused-ring (bicyclic) bond motifs is 1. The van der Waals surface area contributed by atoms with E-state index in [1.807, 2.05) is 45.2 Å². The van der Waals surface area contributed by atoms with E-state index in [1.54, 1.807) is 0 Å². The van der Waals surface area contributed by atoms with Gasteiger partial charge in [-0.2, -0.15) is 0 Å². The van der Waals surface area contributed by atoms with Crippen LogP contribution in [-0.4, -0.2) is 30.1 Å². The number of hydrogen-bond donors (Lipinski definition) is 2. The molecule has 0 spiro atoms. The molecule has 0 radical (unpaired) electrons. The Bertz CT molecular complexity index is 1410. The highest BCUT2D eigenvalue weighted by atomic mass is 32.1. The molecular weight excluding hydrogens is 500 g/mol. The SMILES string of the molecule is CCN=C/C(=C\CN=C(C)C)c1ccc(N(N)C(=S)N(N)c2cc(C(C)(C)C)ccc2CC)c2ccccc12. The molecule has 0 saturated carbocycles. The van der Waals surface area contributed by atoms with Gasteiger partial charge in [-0.25, -0.2) is 11.7 Å². The molecule has 0 atom stereocenters. The number of hydrazine groups is 2. The van der Waals surface area contributed by atoms with E-state index in [9.17, 15) is 0 Å². The third-order valence-corrected chi connectivity index (χ3v) is 7.00. The third-order valence-electron chi connectivity index (χ3n) is 6.61. The molecule has 3 aromatic rings. The number of hydrogen-bond acceptors (Lipinski definition) is 5. The van der Waals surface area contributed by atoms with Crippen molar-refractivity contribution < 1.29 is 0 Å². The number of nitrogens with two attached hydrogens (primary N) is 2. The minimum atomic E-state index is -0.0225. The Morgan fingerprint density at radius 2 is 1.59 bits per heavy atom. The molecule has 39 heavy (non-hydrogen) atoms. The van der Waals surface area contributed by atoms with Crippen molar-refractivity contribution in [3.8, 4) is 0 Å². The van der Waals surface area contributed by atoms with E-state index < -0.39 is 0 Å². The van der Waals surface area contributed by atoms with Crippen LogP contribution in [0.3, 0.4) is 0 Å². The minimum absolute atomic E-state index is 0.0225. The van der Waals surface area contributed by atoms with Crippen LogP contribution < -0.4 is 21.7 Å². The van der Waals surface area contributed by atoms with Crippen LogP contribution in [0.15, 0.2) is 70.7 Å². The normalized spacial score (nSPS) is 12.2. The number of anilines is 2. The van der Waals surface area contributed by atoms with Gasteiger partial charge in [0.2, 0.25) is 5.11 Å². The lowest BCUT2D eigenvalue weighted by molar-refractivity contribution is 0.590. The lowest BCUT2D eigenvalue weighted by Crippen LogP contribution is -2.51. The molecule has 0 amide bonds. The number of nitrogens with zero attached hydrogens (tertiary/aromatic N) is 4. The van der Waals surface area contributed by atoms with Gasteiger partial charge in [-0.1, -0.05) is 76.2 Å². The molecule has 0 unspecified atom stereocenters. The fraction of sp³-hybridized carbons (Fsp3) is 0.344. The van der Waals surface area contributed by atoms with Gasteiger partial charge in [0, 0.05) is 23.9 Å². The minimum Gasteiger partial charge on any atom is -0.293 e. The van der Waals surface area contributed by atoms with E-state index in [2.05, 4.69) is 80.2 Å². The van der Waals surface area contributed by atoms with Gasteiger partial charge in [-0.3, -0.25) is 20.0 Å². The van der Waals surface area contributed by atoms with Gasteiger partial charge in [0.25, 0.3) is 0 Å². The first-order valence-electron chi connectivity index (χ1n) is 13.5. The molecule has 0 aromatic heterocycles. The molecule has 0 heterocycles. The summed E-state index contributed by atoms with van der Waals surface area (Å²) in [4.78, 5) is 9.06. The summed E-state index contributed by atoms with van der Waals surface area (Å²) < 4.78 is 0. The second-order valence-electron chi connectivity index (χ2n) is 10.7. The van der Waals surface area contributed by atoms with Crippen LogP contribution in [0.25, 0.3) is 16.3 Å². The Balaban J connectivity index is 2.07. The highest BCUT2D eigenvalue weighted by molar-refractivity contribution is 7.80. The van der Waals surface area contributed by atoms with Crippen LogP contribution in [0, 0.1) is 0 Å². The lowest BCUT2D eigenvalue weighted by Gasteiger charge is -2.30. The van der Waals surface area contributed by atoms with Gasteiger partial charge in [0.15, 0.2) is 0 Å². The summed E-state index contributed by atoms with van der Waals surface area (Å²) in [7, 11) is 0. The Morgan fingerprint density at radius 1 is 0.923 bits per heavy atom. The molecular formula is C32H42N6S. The van der Waals surface area contributed by atoms with E-state index in [1.165, 1.54) is 15.6 Å². The second kappa shape index (κ2) is 13.1. The van der Waals surface area contributed by atoms with Crippen molar-refractivity contribution in [2.24, 2.45) is 21.7 Å². The van der Waals surface area contributed by atoms with Crippen LogP contribution >= 0.6 is 12.2 Å². The molecule has 3 rings (SSSR count). The van der Waals surface area contributed by atoms with Crippen LogP contribution in [0.5, 0.6) is 0 Å². The molecule has 0 aliphatic carbocycles. The Morgan fingerprint density at radius 3 is 2.21 bits per heavy atom. The largest absolute Gasteiger partial charge is 0.293 e. The number of benzene rings is 3. The molecule has 0 fully saturated rings. The molecule has 206 valence electrons. The van der Waals surface area contributed by atoms with Crippen LogP contribution in [-0.2, 0) is 11.8 Å². The molecule has 4 N–H and O–H groups in total. The van der Waals surface area contributed by atoms with Crippen molar-refractivity contribution in [2.75, 3.05) is 23.1 Å². The average molecular weight is 543 g/mol. The lowest BCUT2D eigenvalue weighted by atomic mass is 9.86. The number of rotatable bonds is 8. The molecule has 0 aliphatic rings. The van der Waals surface area contributed by atoms with Crippen molar-refractivity contribution in [3.63, 3.8) is 0 Å². The third kappa shape index (κ3) is 7.18. The first-order chi connectivity index (χ1) is 18.5. The molecule has 6 nitrogen and oxygen atoms in total. The summed E-state index contributed by atoms with van der Waals surface area (Å²) in [6.07, 6.45) is 4.85. The zero-order valence-corrected chi connectivity index (χ0v) is 25.1. The summed E-state index contributed by atoms with van der Waals surface area (Å²) in [5.74, 6) is 13.3. The van der Waals surface area contributed by atoms with Gasteiger partial charge in [-0.05, 0) is 84.6 Å². The first-order valence-corrected chi connectivity index (χ1v) is 13.9. The standard InChI is InChI=1S/C32H42N6S/c1-8-23-14-15-25(32(5,6)7)20-30(23)38(34)31(39)37(33)29-17-16-26(27-12-10-11-13-28(27)29)24(21-35-9-2)18-19-36-22(3)4/h10-18,20-21H,8-9,19,33-34H2,1-7H3/b24-18+,35-21?. The highest BCUT2D eigenvalue weighted by Crippen LogP contribution is 2.33. The monoisotopic (exact) mass is 542 g/mol. The molecule has 7 heteroatoms. The van der Waals surface area contributed by atoms with Crippen molar-refractivity contribution in [3.05, 3.63) is 77.4 Å². The predicted octanol–water partition coefficient (Wildman–Crippen LogP) is 7.00. The van der Waals surface area contributed by atoms with E-state index in [4.69, 9.17) is 23.9 Å². The van der Waals surface area contributed by atoms with Gasteiger partial charge in [0.05, 0.1) is 17.9 Å². The highest BCUT2D eigenvalue weighted by Gasteiger charge is 2.22. The van der Waals surface area contributed by atoms with Crippen molar-refractivity contribution in [1.82, 2.24) is 0 Å². The van der Waals surface area contributed by atoms with E-state index in [-0.39, 0.29) is 5.41 Å². The van der Waals surface area contributed by atoms with Gasteiger partial charge in [0.1, 0.15) is 0 Å². The maximum atomic E-state index is 6.69. The van der Waals surface area contributed by atoms with Crippen LogP contribution in [0.2, 0.25) is 0 Å². The number of thiocarbonyl (C=S) groups is 1. The van der Waals surface area contributed by atoms with Crippen molar-refractivity contribution in [2.45, 2.75) is 60.3 Å². The van der Waals surface area contributed by atoms with Gasteiger partial charge in [-0.15, -0.1) is 0 Å². The van der Waals surface area contributed by atoms with Crippen LogP contribution in [0.4, 0.5) is 11.4 Å². The van der Waals surface area contributed by atoms with E-state index in [0.29, 0.717) is 18.2 Å². The zero-order valence-electron chi connectivity index (χ0n) is 24.3. The summed E-state index contributed by atoms with van der Waals surface area (Å²) in [6, 6.07) is 18.6. The Kier molecular flexibility index (Phi) is 10.1. The summed E-state index contributed by atoms with van der Waals surface area (Å²) in [6.45, 7) is 16.0. The number of aliphatic imine (C=N–C) groups is 2. The quantitative estimate of drug-likeness (QED) is 0.139. The smallest absolute Gasteiger partial charge is 0.209 e. The second-order valence-corrected chi connectivity index (χ2v) is 11.1. The van der Waals surface area contributed by atoms with Gasteiger partial charge >= 0.3 is 0 Å². The summed E-state index contributed by atoms with van der Waals surface area (Å²) >= 11 is 5.85. The summed E-state index contributed by atoms with van der Waals surface area (Å²) in [5, 5.41) is 5.35. The number of aryl methyl sites for hydroxylation is 1. The van der Waals surface area contributed by atoms with E-state index >= 15 is 0 Å². The van der Waals surface area contributed by atoms with Crippen molar-refractivity contribution in [1.29, 1.82) is 0 Å². The van der Waals surface area contributed by atoms with Crippen molar-refractivity contribution >= 4 is 57.0 Å². The van der Waals surface area contributed by atoms with Gasteiger partial charge < -0.3 is 0 Å². The number of allylic oxidation sites excluding steroid dienone is 1. The summed E-state index contributed by atoms with van der Waals surface area (Å²) in [5.41, 5.74) is 7.02. The fourth-order valence-corrected chi connectivity index (χ4v) is 4.57. The fourth-order valence-electron chi connectivity index (χ4n) is 4.37. The molecule has 3 aromatic carbocycles. The average Bonchev–Trinajstić information content (AvgIpc) is 2.92. The predicted molar refractivity (Wildman–Crippen MR) is 175 cm³/mol. The Hall–Kier alpha value is -3.39. The molecule has 0 bridgehead atoms. The maximum Gasteiger partial charge on any atom is 0.209 e. The van der Waals surface area contributed by atoms with E-state index in [0.717, 1.165) is 51.0 Å². The molecule has 0 saturated heterocycles. The Labute approximate surface area is 239 Å². The molecule has 0 aliphatic heterocycles.